The highest BCUT2D eigenvalue weighted by Gasteiger charge is 2.12. The van der Waals surface area contributed by atoms with Crippen LogP contribution in [0.3, 0.4) is 0 Å². The first-order valence-electron chi connectivity index (χ1n) is 4.51. The van der Waals surface area contributed by atoms with Crippen LogP contribution >= 0.6 is 0 Å². The molecule has 1 heterocycles. The molecule has 0 saturated heterocycles. The fourth-order valence-electron chi connectivity index (χ4n) is 0.944. The number of anilines is 1. The first-order valence-corrected chi connectivity index (χ1v) is 4.51. The Labute approximate surface area is 78.7 Å². The normalized spacial score (nSPS) is 11.7. The van der Waals surface area contributed by atoms with Crippen LogP contribution in [-0.2, 0) is 6.42 Å². The SMILES string of the molecule is CNc1nc(CCC(C)(C)C)no1. The summed E-state index contributed by atoms with van der Waals surface area (Å²) in [7, 11) is 1.76. The lowest BCUT2D eigenvalue weighted by molar-refractivity contribution is 0.366. The molecule has 13 heavy (non-hydrogen) atoms. The van der Waals surface area contributed by atoms with E-state index in [2.05, 4.69) is 36.2 Å². The van der Waals surface area contributed by atoms with E-state index in [9.17, 15) is 0 Å². The lowest BCUT2D eigenvalue weighted by Gasteiger charge is -2.15. The fourth-order valence-corrected chi connectivity index (χ4v) is 0.944. The van der Waals surface area contributed by atoms with Gasteiger partial charge in [0, 0.05) is 13.5 Å². The van der Waals surface area contributed by atoms with Gasteiger partial charge in [-0.2, -0.15) is 4.98 Å². The van der Waals surface area contributed by atoms with Crippen LogP contribution in [0.15, 0.2) is 4.52 Å². The van der Waals surface area contributed by atoms with Crippen molar-refractivity contribution in [2.45, 2.75) is 33.6 Å². The summed E-state index contributed by atoms with van der Waals surface area (Å²) in [6.07, 6.45) is 1.93. The average Bonchev–Trinajstić information content (AvgIpc) is 2.47. The predicted octanol–water partition coefficient (Wildman–Crippen LogP) is 2.09. The van der Waals surface area contributed by atoms with E-state index >= 15 is 0 Å². The van der Waals surface area contributed by atoms with Gasteiger partial charge in [0.05, 0.1) is 0 Å². The minimum absolute atomic E-state index is 0.320. The Morgan fingerprint density at radius 1 is 1.38 bits per heavy atom. The Balaban J connectivity index is 2.46. The van der Waals surface area contributed by atoms with Gasteiger partial charge in [-0.3, -0.25) is 0 Å². The Kier molecular flexibility index (Phi) is 2.90. The molecule has 0 fully saturated rings. The lowest BCUT2D eigenvalue weighted by atomic mass is 9.90. The molecule has 0 aliphatic carbocycles. The summed E-state index contributed by atoms with van der Waals surface area (Å²) >= 11 is 0. The van der Waals surface area contributed by atoms with E-state index in [-0.39, 0.29) is 0 Å². The summed E-state index contributed by atoms with van der Waals surface area (Å²) in [6.45, 7) is 6.60. The van der Waals surface area contributed by atoms with Crippen molar-refractivity contribution < 1.29 is 4.52 Å². The highest BCUT2D eigenvalue weighted by molar-refractivity contribution is 5.15. The van der Waals surface area contributed by atoms with E-state index in [1.807, 2.05) is 0 Å². The van der Waals surface area contributed by atoms with Crippen molar-refractivity contribution >= 4 is 6.01 Å². The molecule has 0 atom stereocenters. The van der Waals surface area contributed by atoms with Gasteiger partial charge < -0.3 is 9.84 Å². The summed E-state index contributed by atoms with van der Waals surface area (Å²) < 4.78 is 4.91. The summed E-state index contributed by atoms with van der Waals surface area (Å²) in [5, 5.41) is 6.65. The number of nitrogens with zero attached hydrogens (tertiary/aromatic N) is 2. The van der Waals surface area contributed by atoms with Crippen molar-refractivity contribution in [3.05, 3.63) is 5.82 Å². The number of aromatic nitrogens is 2. The van der Waals surface area contributed by atoms with E-state index < -0.39 is 0 Å². The maximum atomic E-state index is 4.91. The monoisotopic (exact) mass is 183 g/mol. The van der Waals surface area contributed by atoms with Gasteiger partial charge in [0.25, 0.3) is 0 Å². The maximum Gasteiger partial charge on any atom is 0.321 e. The molecular weight excluding hydrogens is 166 g/mol. The van der Waals surface area contributed by atoms with Gasteiger partial charge in [-0.25, -0.2) is 0 Å². The van der Waals surface area contributed by atoms with Gasteiger partial charge >= 0.3 is 6.01 Å². The number of aryl methyl sites for hydroxylation is 1. The molecule has 0 spiro atoms. The maximum absolute atomic E-state index is 4.91. The third-order valence-electron chi connectivity index (χ3n) is 1.78. The van der Waals surface area contributed by atoms with E-state index in [0.29, 0.717) is 11.4 Å². The van der Waals surface area contributed by atoms with Crippen LogP contribution in [0.25, 0.3) is 0 Å². The van der Waals surface area contributed by atoms with Crippen molar-refractivity contribution in [1.82, 2.24) is 10.1 Å². The molecule has 4 nitrogen and oxygen atoms in total. The molecule has 4 heteroatoms. The smallest absolute Gasteiger partial charge is 0.321 e. The van der Waals surface area contributed by atoms with E-state index in [1.165, 1.54) is 0 Å². The lowest BCUT2D eigenvalue weighted by Crippen LogP contribution is -2.07. The zero-order chi connectivity index (χ0) is 9.90. The molecule has 0 aromatic carbocycles. The van der Waals surface area contributed by atoms with Crippen molar-refractivity contribution in [2.24, 2.45) is 5.41 Å². The van der Waals surface area contributed by atoms with Gasteiger partial charge in [-0.1, -0.05) is 25.9 Å². The predicted molar refractivity (Wildman–Crippen MR) is 51.6 cm³/mol. The average molecular weight is 183 g/mol. The van der Waals surface area contributed by atoms with Gasteiger partial charge in [0.2, 0.25) is 0 Å². The Bertz CT molecular complexity index is 262. The van der Waals surface area contributed by atoms with Crippen molar-refractivity contribution in [3.8, 4) is 0 Å². The number of nitrogens with one attached hydrogen (secondary N) is 1. The second kappa shape index (κ2) is 3.77. The van der Waals surface area contributed by atoms with Crippen LogP contribution in [0.2, 0.25) is 0 Å². The molecule has 0 bridgehead atoms. The van der Waals surface area contributed by atoms with Crippen LogP contribution < -0.4 is 5.32 Å². The first kappa shape index (κ1) is 10.0. The van der Waals surface area contributed by atoms with Gasteiger partial charge in [-0.05, 0) is 11.8 Å². The molecule has 0 saturated carbocycles. The van der Waals surface area contributed by atoms with Crippen molar-refractivity contribution in [2.75, 3.05) is 12.4 Å². The summed E-state index contributed by atoms with van der Waals surface area (Å²) in [6, 6.07) is 0.490. The quantitative estimate of drug-likeness (QED) is 0.779. The number of hydrogen-bond donors (Lipinski definition) is 1. The van der Waals surface area contributed by atoms with Crippen LogP contribution in [0.4, 0.5) is 6.01 Å². The van der Waals surface area contributed by atoms with Crippen LogP contribution in [0.5, 0.6) is 0 Å². The Morgan fingerprint density at radius 3 is 2.54 bits per heavy atom. The third-order valence-corrected chi connectivity index (χ3v) is 1.78. The minimum atomic E-state index is 0.320. The largest absolute Gasteiger partial charge is 0.341 e. The number of rotatable bonds is 3. The highest BCUT2D eigenvalue weighted by Crippen LogP contribution is 2.20. The Morgan fingerprint density at radius 2 is 2.08 bits per heavy atom. The van der Waals surface area contributed by atoms with Gasteiger partial charge in [0.15, 0.2) is 5.82 Å². The molecule has 0 aliphatic rings. The van der Waals surface area contributed by atoms with Crippen molar-refractivity contribution in [1.29, 1.82) is 0 Å². The zero-order valence-corrected chi connectivity index (χ0v) is 8.72. The molecule has 1 N–H and O–H groups in total. The highest BCUT2D eigenvalue weighted by atomic mass is 16.5. The molecule has 0 unspecified atom stereocenters. The fraction of sp³-hybridized carbons (Fsp3) is 0.778. The van der Waals surface area contributed by atoms with E-state index in [0.717, 1.165) is 18.7 Å². The van der Waals surface area contributed by atoms with Crippen LogP contribution in [0, 0.1) is 5.41 Å². The molecule has 0 aliphatic heterocycles. The molecule has 1 rings (SSSR count). The molecule has 1 aromatic heterocycles. The molecular formula is C9H17N3O. The zero-order valence-electron chi connectivity index (χ0n) is 8.72. The van der Waals surface area contributed by atoms with Gasteiger partial charge in [0.1, 0.15) is 0 Å². The van der Waals surface area contributed by atoms with Gasteiger partial charge in [-0.15, -0.1) is 0 Å². The van der Waals surface area contributed by atoms with E-state index in [4.69, 9.17) is 4.52 Å². The van der Waals surface area contributed by atoms with Crippen LogP contribution in [0.1, 0.15) is 33.0 Å². The molecule has 0 radical (unpaired) electrons. The Hall–Kier alpha value is -1.06. The first-order chi connectivity index (χ1) is 6.01. The minimum Gasteiger partial charge on any atom is -0.341 e. The van der Waals surface area contributed by atoms with E-state index in [1.54, 1.807) is 7.05 Å². The van der Waals surface area contributed by atoms with Crippen molar-refractivity contribution in [3.63, 3.8) is 0 Å². The third kappa shape index (κ3) is 3.44. The molecule has 74 valence electrons. The molecule has 0 amide bonds. The number of hydrogen-bond acceptors (Lipinski definition) is 4. The van der Waals surface area contributed by atoms with Crippen LogP contribution in [-0.4, -0.2) is 17.2 Å². The second-order valence-corrected chi connectivity index (χ2v) is 4.33. The second-order valence-electron chi connectivity index (χ2n) is 4.33. The summed E-state index contributed by atoms with van der Waals surface area (Å²) in [5.41, 5.74) is 0.320. The summed E-state index contributed by atoms with van der Waals surface area (Å²) in [5.74, 6) is 0.777. The molecule has 1 aromatic rings. The standard InChI is InChI=1S/C9H17N3O/c1-9(2,3)6-5-7-11-8(10-4)13-12-7/h5-6H2,1-4H3,(H,10,11,12). The topological polar surface area (TPSA) is 51.0 Å². The summed E-state index contributed by atoms with van der Waals surface area (Å²) in [4.78, 5) is 4.14.